The van der Waals surface area contributed by atoms with E-state index < -0.39 is 0 Å². The minimum atomic E-state index is 0.0662. The SMILES string of the molecule is COc1ccc(C(Cl)CC2CCCCC2)cc1Cl. The van der Waals surface area contributed by atoms with Gasteiger partial charge in [0.05, 0.1) is 17.5 Å². The highest BCUT2D eigenvalue weighted by Gasteiger charge is 2.19. The van der Waals surface area contributed by atoms with Gasteiger partial charge in [0.2, 0.25) is 0 Å². The molecule has 0 spiro atoms. The molecule has 2 rings (SSSR count). The Kier molecular flexibility index (Phi) is 5.20. The monoisotopic (exact) mass is 286 g/mol. The van der Waals surface area contributed by atoms with Crippen molar-refractivity contribution in [2.45, 2.75) is 43.9 Å². The highest BCUT2D eigenvalue weighted by atomic mass is 35.5. The van der Waals surface area contributed by atoms with Crippen LogP contribution in [0.2, 0.25) is 5.02 Å². The number of benzene rings is 1. The number of hydrogen-bond acceptors (Lipinski definition) is 1. The minimum Gasteiger partial charge on any atom is -0.495 e. The first-order valence-electron chi connectivity index (χ1n) is 6.68. The zero-order valence-corrected chi connectivity index (χ0v) is 12.3. The largest absolute Gasteiger partial charge is 0.495 e. The van der Waals surface area contributed by atoms with Crippen molar-refractivity contribution in [2.24, 2.45) is 5.92 Å². The fraction of sp³-hybridized carbons (Fsp3) is 0.600. The van der Waals surface area contributed by atoms with E-state index in [1.807, 2.05) is 18.2 Å². The first kappa shape index (κ1) is 14.0. The van der Waals surface area contributed by atoms with Crippen LogP contribution < -0.4 is 4.74 Å². The van der Waals surface area contributed by atoms with Crippen LogP contribution in [-0.2, 0) is 0 Å². The fourth-order valence-corrected chi connectivity index (χ4v) is 3.38. The Balaban J connectivity index is 1.99. The van der Waals surface area contributed by atoms with Gasteiger partial charge in [-0.25, -0.2) is 0 Å². The van der Waals surface area contributed by atoms with Gasteiger partial charge in [-0.3, -0.25) is 0 Å². The Morgan fingerprint density at radius 1 is 1.28 bits per heavy atom. The van der Waals surface area contributed by atoms with Crippen molar-refractivity contribution in [3.8, 4) is 5.75 Å². The summed E-state index contributed by atoms with van der Waals surface area (Å²) < 4.78 is 5.15. The van der Waals surface area contributed by atoms with E-state index in [0.29, 0.717) is 10.8 Å². The summed E-state index contributed by atoms with van der Waals surface area (Å²) >= 11 is 12.6. The van der Waals surface area contributed by atoms with E-state index in [0.717, 1.165) is 17.9 Å². The summed E-state index contributed by atoms with van der Waals surface area (Å²) in [6, 6.07) is 5.85. The van der Waals surface area contributed by atoms with Gasteiger partial charge in [-0.05, 0) is 30.0 Å². The molecule has 0 saturated heterocycles. The topological polar surface area (TPSA) is 9.23 Å². The van der Waals surface area contributed by atoms with Crippen LogP contribution in [0.3, 0.4) is 0 Å². The van der Waals surface area contributed by atoms with Gasteiger partial charge >= 0.3 is 0 Å². The third-order valence-corrected chi connectivity index (χ3v) is 4.53. The van der Waals surface area contributed by atoms with Crippen LogP contribution in [0, 0.1) is 5.92 Å². The van der Waals surface area contributed by atoms with E-state index in [-0.39, 0.29) is 5.38 Å². The van der Waals surface area contributed by atoms with Gasteiger partial charge in [0, 0.05) is 0 Å². The minimum absolute atomic E-state index is 0.0662. The van der Waals surface area contributed by atoms with Gasteiger partial charge in [0.1, 0.15) is 5.75 Å². The molecule has 1 fully saturated rings. The van der Waals surface area contributed by atoms with Gasteiger partial charge < -0.3 is 4.74 Å². The molecule has 0 aliphatic heterocycles. The van der Waals surface area contributed by atoms with Gasteiger partial charge in [-0.15, -0.1) is 11.6 Å². The molecule has 0 radical (unpaired) electrons. The summed E-state index contributed by atoms with van der Waals surface area (Å²) in [6.45, 7) is 0. The second kappa shape index (κ2) is 6.68. The maximum Gasteiger partial charge on any atom is 0.137 e. The van der Waals surface area contributed by atoms with E-state index in [4.69, 9.17) is 27.9 Å². The lowest BCUT2D eigenvalue weighted by Crippen LogP contribution is -2.08. The predicted molar refractivity (Wildman–Crippen MR) is 77.8 cm³/mol. The third-order valence-electron chi connectivity index (χ3n) is 3.80. The molecule has 1 aliphatic rings. The smallest absolute Gasteiger partial charge is 0.137 e. The maximum absolute atomic E-state index is 6.51. The molecule has 0 bridgehead atoms. The molecule has 1 nitrogen and oxygen atoms in total. The molecular weight excluding hydrogens is 267 g/mol. The fourth-order valence-electron chi connectivity index (χ4n) is 2.73. The summed E-state index contributed by atoms with van der Waals surface area (Å²) in [5, 5.41) is 0.709. The van der Waals surface area contributed by atoms with Crippen molar-refractivity contribution in [1.29, 1.82) is 0 Å². The average molecular weight is 287 g/mol. The maximum atomic E-state index is 6.51. The molecule has 0 amide bonds. The molecule has 1 atom stereocenters. The molecule has 1 aromatic rings. The molecule has 1 saturated carbocycles. The van der Waals surface area contributed by atoms with Crippen LogP contribution in [0.1, 0.15) is 49.5 Å². The van der Waals surface area contributed by atoms with Crippen molar-refractivity contribution in [3.63, 3.8) is 0 Å². The number of halogens is 2. The van der Waals surface area contributed by atoms with Gasteiger partial charge in [0.25, 0.3) is 0 Å². The van der Waals surface area contributed by atoms with Crippen molar-refractivity contribution in [3.05, 3.63) is 28.8 Å². The van der Waals surface area contributed by atoms with Crippen molar-refractivity contribution < 1.29 is 4.74 Å². The van der Waals surface area contributed by atoms with E-state index in [9.17, 15) is 0 Å². The van der Waals surface area contributed by atoms with Crippen LogP contribution in [0.4, 0.5) is 0 Å². The van der Waals surface area contributed by atoms with Crippen LogP contribution >= 0.6 is 23.2 Å². The van der Waals surface area contributed by atoms with E-state index >= 15 is 0 Å². The molecule has 18 heavy (non-hydrogen) atoms. The lowest BCUT2D eigenvalue weighted by molar-refractivity contribution is 0.336. The number of ether oxygens (including phenoxy) is 1. The first-order valence-corrected chi connectivity index (χ1v) is 7.49. The molecule has 1 aliphatic carbocycles. The number of methoxy groups -OCH3 is 1. The van der Waals surface area contributed by atoms with Crippen molar-refractivity contribution in [2.75, 3.05) is 7.11 Å². The summed E-state index contributed by atoms with van der Waals surface area (Å²) in [4.78, 5) is 0. The molecule has 1 unspecified atom stereocenters. The summed E-state index contributed by atoms with van der Waals surface area (Å²) in [5.74, 6) is 1.49. The Morgan fingerprint density at radius 3 is 2.61 bits per heavy atom. The van der Waals surface area contributed by atoms with Gasteiger partial charge in [0.15, 0.2) is 0 Å². The second-order valence-electron chi connectivity index (χ2n) is 5.10. The molecule has 100 valence electrons. The first-order chi connectivity index (χ1) is 8.70. The molecular formula is C15H20Cl2O. The highest BCUT2D eigenvalue weighted by molar-refractivity contribution is 6.32. The number of hydrogen-bond donors (Lipinski definition) is 0. The summed E-state index contributed by atoms with van der Waals surface area (Å²) in [7, 11) is 1.63. The van der Waals surface area contributed by atoms with E-state index in [1.54, 1.807) is 7.11 Å². The molecule has 0 heterocycles. The average Bonchev–Trinajstić information content (AvgIpc) is 2.39. The predicted octanol–water partition coefficient (Wildman–Crippen LogP) is 5.60. The normalized spacial score (nSPS) is 18.6. The lowest BCUT2D eigenvalue weighted by Gasteiger charge is -2.24. The summed E-state index contributed by atoms with van der Waals surface area (Å²) in [6.07, 6.45) is 7.82. The zero-order chi connectivity index (χ0) is 13.0. The van der Waals surface area contributed by atoms with Crippen LogP contribution in [0.25, 0.3) is 0 Å². The molecule has 0 N–H and O–H groups in total. The Morgan fingerprint density at radius 2 is 2.00 bits per heavy atom. The Bertz CT molecular complexity index is 386. The van der Waals surface area contributed by atoms with Crippen LogP contribution in [0.5, 0.6) is 5.75 Å². The lowest BCUT2D eigenvalue weighted by atomic mass is 9.85. The number of alkyl halides is 1. The highest BCUT2D eigenvalue weighted by Crippen LogP contribution is 2.37. The standard InChI is InChI=1S/C15H20Cl2O/c1-18-15-8-7-12(10-14(15)17)13(16)9-11-5-3-2-4-6-11/h7-8,10-11,13H,2-6,9H2,1H3. The second-order valence-corrected chi connectivity index (χ2v) is 6.04. The Hall–Kier alpha value is -0.400. The van der Waals surface area contributed by atoms with Gasteiger partial charge in [-0.1, -0.05) is 49.8 Å². The van der Waals surface area contributed by atoms with E-state index in [1.165, 1.54) is 32.1 Å². The van der Waals surface area contributed by atoms with Crippen LogP contribution in [0.15, 0.2) is 18.2 Å². The third kappa shape index (κ3) is 3.55. The molecule has 0 aromatic heterocycles. The quantitative estimate of drug-likeness (QED) is 0.655. The van der Waals surface area contributed by atoms with E-state index in [2.05, 4.69) is 0 Å². The van der Waals surface area contributed by atoms with Crippen molar-refractivity contribution in [1.82, 2.24) is 0 Å². The summed E-state index contributed by atoms with van der Waals surface area (Å²) in [5.41, 5.74) is 1.10. The molecule has 1 aromatic carbocycles. The number of rotatable bonds is 4. The Labute approximate surface area is 119 Å². The van der Waals surface area contributed by atoms with Crippen molar-refractivity contribution >= 4 is 23.2 Å². The zero-order valence-electron chi connectivity index (χ0n) is 10.8. The van der Waals surface area contributed by atoms with Crippen LogP contribution in [-0.4, -0.2) is 7.11 Å². The van der Waals surface area contributed by atoms with Gasteiger partial charge in [-0.2, -0.15) is 0 Å². The molecule has 3 heteroatoms.